The van der Waals surface area contributed by atoms with Gasteiger partial charge in [0.1, 0.15) is 5.75 Å². The van der Waals surface area contributed by atoms with Crippen LogP contribution >= 0.6 is 39.3 Å². The number of nitro benzene ring substituents is 1. The molecule has 4 rings (SSSR count). The topological polar surface area (TPSA) is 89.7 Å². The van der Waals surface area contributed by atoms with Crippen molar-refractivity contribution in [1.29, 1.82) is 0 Å². The molecule has 0 saturated carbocycles. The molecule has 1 aliphatic rings. The number of thioether (sulfide) groups is 1. The Labute approximate surface area is 225 Å². The van der Waals surface area contributed by atoms with Crippen molar-refractivity contribution in [2.24, 2.45) is 0 Å². The van der Waals surface area contributed by atoms with Gasteiger partial charge in [-0.2, -0.15) is 13.2 Å². The summed E-state index contributed by atoms with van der Waals surface area (Å²) in [6.07, 6.45) is -3.40. The molecule has 0 unspecified atom stereocenters. The quantitative estimate of drug-likeness (QED) is 0.159. The normalized spacial score (nSPS) is 14.9. The number of carbonyl (C=O) groups excluding carboxylic acids is 2. The Kier molecular flexibility index (Phi) is 7.62. The number of hydrogen-bond donors (Lipinski definition) is 0. The van der Waals surface area contributed by atoms with Crippen LogP contribution in [0.1, 0.15) is 16.7 Å². The molecule has 13 heteroatoms. The van der Waals surface area contributed by atoms with Gasteiger partial charge in [-0.15, -0.1) is 0 Å². The maximum Gasteiger partial charge on any atom is 0.416 e. The number of imide groups is 1. The minimum atomic E-state index is -4.78. The van der Waals surface area contributed by atoms with Crippen molar-refractivity contribution in [2.45, 2.75) is 12.7 Å². The van der Waals surface area contributed by atoms with Crippen molar-refractivity contribution in [2.75, 3.05) is 0 Å². The van der Waals surface area contributed by atoms with Gasteiger partial charge in [-0.05, 0) is 65.9 Å². The van der Waals surface area contributed by atoms with Crippen LogP contribution in [-0.2, 0) is 17.5 Å². The second-order valence-electron chi connectivity index (χ2n) is 7.62. The number of alkyl halides is 3. The maximum absolute atomic E-state index is 13.0. The zero-order chi connectivity index (χ0) is 26.9. The van der Waals surface area contributed by atoms with Crippen molar-refractivity contribution in [3.8, 4) is 11.5 Å². The summed E-state index contributed by atoms with van der Waals surface area (Å²) in [4.78, 5) is 37.1. The zero-order valence-electron chi connectivity index (χ0n) is 18.3. The number of ether oxygens (including phenoxy) is 1. The molecule has 0 radical (unpaired) electrons. The van der Waals surface area contributed by atoms with Gasteiger partial charge in [0.05, 0.1) is 21.9 Å². The highest BCUT2D eigenvalue weighted by atomic mass is 79.9. The second-order valence-corrected chi connectivity index (χ2v) is 9.96. The van der Waals surface area contributed by atoms with Gasteiger partial charge in [-0.3, -0.25) is 24.6 Å². The monoisotopic (exact) mass is 612 g/mol. The van der Waals surface area contributed by atoms with Crippen molar-refractivity contribution in [1.82, 2.24) is 4.90 Å². The summed E-state index contributed by atoms with van der Waals surface area (Å²) < 4.78 is 45.3. The molecule has 0 aliphatic carbocycles. The van der Waals surface area contributed by atoms with Gasteiger partial charge in [0.15, 0.2) is 0 Å². The third-order valence-electron chi connectivity index (χ3n) is 5.09. The Morgan fingerprint density at radius 3 is 2.38 bits per heavy atom. The largest absolute Gasteiger partial charge is 0.449 e. The average molecular weight is 614 g/mol. The Hall–Kier alpha value is -3.35. The third-order valence-corrected chi connectivity index (χ3v) is 6.74. The predicted molar refractivity (Wildman–Crippen MR) is 135 cm³/mol. The molecule has 190 valence electrons. The van der Waals surface area contributed by atoms with Gasteiger partial charge in [-0.25, -0.2) is 0 Å². The Balaban J connectivity index is 1.65. The lowest BCUT2D eigenvalue weighted by molar-refractivity contribution is -0.385. The SMILES string of the molecule is O=C1S/C(=C\c2cc(Br)ccc2Oc2ccc(C(F)(F)F)cc2[N+](=O)[O-])C(=O)N1Cc1ccc(Cl)cc1. The zero-order valence-corrected chi connectivity index (χ0v) is 21.5. The molecular weight excluding hydrogens is 601 g/mol. The summed E-state index contributed by atoms with van der Waals surface area (Å²) in [5, 5.41) is 11.4. The van der Waals surface area contributed by atoms with E-state index < -0.39 is 39.2 Å². The fraction of sp³-hybridized carbons (Fsp3) is 0.0833. The molecule has 1 fully saturated rings. The smallest absolute Gasteiger partial charge is 0.416 e. The van der Waals surface area contributed by atoms with Gasteiger partial charge < -0.3 is 4.74 Å². The fourth-order valence-corrected chi connectivity index (χ4v) is 4.65. The fourth-order valence-electron chi connectivity index (χ4n) is 3.32. The molecular formula is C24H13BrClF3N2O5S. The highest BCUT2D eigenvalue weighted by molar-refractivity contribution is 9.10. The van der Waals surface area contributed by atoms with E-state index in [1.54, 1.807) is 36.4 Å². The van der Waals surface area contributed by atoms with E-state index in [1.165, 1.54) is 12.1 Å². The maximum atomic E-state index is 13.0. The number of amides is 2. The van der Waals surface area contributed by atoms with E-state index in [0.29, 0.717) is 39.0 Å². The van der Waals surface area contributed by atoms with Crippen LogP contribution in [0, 0.1) is 10.1 Å². The van der Waals surface area contributed by atoms with Crippen LogP contribution in [-0.4, -0.2) is 21.0 Å². The highest BCUT2D eigenvalue weighted by Crippen LogP contribution is 2.40. The van der Waals surface area contributed by atoms with E-state index >= 15 is 0 Å². The Bertz CT molecular complexity index is 1450. The van der Waals surface area contributed by atoms with Crippen LogP contribution in [0.3, 0.4) is 0 Å². The standard InChI is InChI=1S/C24H13BrClF3N2O5S/c25-16-4-8-19(36-20-7-3-15(24(27,28)29)11-18(20)31(34)35)14(9-16)10-21-22(32)30(23(33)37-21)12-13-1-5-17(26)6-2-13/h1-11H,12H2/b21-10-. The van der Waals surface area contributed by atoms with Crippen LogP contribution in [0.2, 0.25) is 5.02 Å². The summed E-state index contributed by atoms with van der Waals surface area (Å²) in [5.41, 5.74) is -1.13. The van der Waals surface area contributed by atoms with Gasteiger partial charge in [0.25, 0.3) is 11.1 Å². The summed E-state index contributed by atoms with van der Waals surface area (Å²) in [7, 11) is 0. The van der Waals surface area contributed by atoms with Crippen molar-refractivity contribution >= 4 is 62.2 Å². The first-order valence-electron chi connectivity index (χ1n) is 10.3. The molecule has 1 aliphatic heterocycles. The van der Waals surface area contributed by atoms with Crippen molar-refractivity contribution < 1.29 is 32.4 Å². The lowest BCUT2D eigenvalue weighted by atomic mass is 10.1. The third kappa shape index (κ3) is 6.14. The van der Waals surface area contributed by atoms with Crippen molar-refractivity contribution in [3.63, 3.8) is 0 Å². The molecule has 0 N–H and O–H groups in total. The molecule has 0 spiro atoms. The predicted octanol–water partition coefficient (Wildman–Crippen LogP) is 8.06. The first-order valence-corrected chi connectivity index (χ1v) is 12.2. The molecule has 1 saturated heterocycles. The van der Waals surface area contributed by atoms with E-state index in [0.717, 1.165) is 11.0 Å². The lowest BCUT2D eigenvalue weighted by Gasteiger charge is -2.13. The summed E-state index contributed by atoms with van der Waals surface area (Å²) in [5.74, 6) is -0.960. The summed E-state index contributed by atoms with van der Waals surface area (Å²) in [6.45, 7) is 0.0266. The number of benzene rings is 3. The summed E-state index contributed by atoms with van der Waals surface area (Å²) >= 11 is 9.87. The first kappa shape index (κ1) is 26.7. The lowest BCUT2D eigenvalue weighted by Crippen LogP contribution is -2.27. The van der Waals surface area contributed by atoms with E-state index in [9.17, 15) is 32.9 Å². The van der Waals surface area contributed by atoms with Crippen LogP contribution in [0.15, 0.2) is 70.0 Å². The van der Waals surface area contributed by atoms with E-state index in [2.05, 4.69) is 15.9 Å². The van der Waals surface area contributed by atoms with Crippen molar-refractivity contribution in [3.05, 3.63) is 102 Å². The van der Waals surface area contributed by atoms with Gasteiger partial charge in [-0.1, -0.05) is 39.7 Å². The Morgan fingerprint density at radius 1 is 1.05 bits per heavy atom. The number of nitrogens with zero attached hydrogens (tertiary/aromatic N) is 2. The molecule has 0 atom stereocenters. The minimum absolute atomic E-state index is 0.0237. The number of hydrogen-bond acceptors (Lipinski definition) is 6. The number of rotatable bonds is 6. The van der Waals surface area contributed by atoms with E-state index in [1.807, 2.05) is 0 Å². The molecule has 7 nitrogen and oxygen atoms in total. The van der Waals surface area contributed by atoms with Gasteiger partial charge in [0.2, 0.25) is 5.75 Å². The molecule has 0 aromatic heterocycles. The second kappa shape index (κ2) is 10.6. The molecule has 1 heterocycles. The molecule has 37 heavy (non-hydrogen) atoms. The molecule has 0 bridgehead atoms. The first-order chi connectivity index (χ1) is 17.4. The molecule has 2 amide bonds. The van der Waals surface area contributed by atoms with Gasteiger partial charge in [0, 0.05) is 21.1 Å². The van der Waals surface area contributed by atoms with E-state index in [-0.39, 0.29) is 22.8 Å². The molecule has 3 aromatic carbocycles. The minimum Gasteiger partial charge on any atom is -0.449 e. The number of nitro groups is 1. The van der Waals surface area contributed by atoms with Crippen LogP contribution in [0.4, 0.5) is 23.7 Å². The number of carbonyl (C=O) groups is 2. The van der Waals surface area contributed by atoms with Crippen LogP contribution in [0.5, 0.6) is 11.5 Å². The molecule has 3 aromatic rings. The van der Waals surface area contributed by atoms with E-state index in [4.69, 9.17) is 16.3 Å². The van der Waals surface area contributed by atoms with Crippen LogP contribution in [0.25, 0.3) is 6.08 Å². The average Bonchev–Trinajstić information content (AvgIpc) is 3.08. The van der Waals surface area contributed by atoms with Crippen LogP contribution < -0.4 is 4.74 Å². The summed E-state index contributed by atoms with van der Waals surface area (Å²) in [6, 6.07) is 13.1. The Morgan fingerprint density at radius 2 is 1.73 bits per heavy atom. The van der Waals surface area contributed by atoms with Gasteiger partial charge >= 0.3 is 11.9 Å². The highest BCUT2D eigenvalue weighted by Gasteiger charge is 2.36. The number of halogens is 5.